The second-order valence-corrected chi connectivity index (χ2v) is 11.8. The molecule has 0 amide bonds. The maximum Gasteiger partial charge on any atom is 0.439 e. The Morgan fingerprint density at radius 1 is 1.14 bits per heavy atom. The molecule has 0 saturated heterocycles. The first-order valence-corrected chi connectivity index (χ1v) is 13.0. The molecule has 0 aromatic carbocycles. The van der Waals surface area contributed by atoms with Crippen molar-refractivity contribution in [3.63, 3.8) is 0 Å². The van der Waals surface area contributed by atoms with Crippen molar-refractivity contribution in [2.45, 2.75) is 72.5 Å². The van der Waals surface area contributed by atoms with Crippen LogP contribution in [0.4, 0.5) is 4.39 Å². The van der Waals surface area contributed by atoms with Gasteiger partial charge in [-0.25, -0.2) is 24.1 Å². The highest BCUT2D eigenvalue weighted by atomic mass is 35.5. The van der Waals surface area contributed by atoms with Crippen molar-refractivity contribution in [3.8, 4) is 22.9 Å². The van der Waals surface area contributed by atoms with E-state index in [0.29, 0.717) is 51.6 Å². The molecule has 1 unspecified atom stereocenters. The lowest BCUT2D eigenvalue weighted by Crippen LogP contribution is -2.36. The average Bonchev–Trinajstić information content (AvgIpc) is 3.43. The maximum atomic E-state index is 16.6. The van der Waals surface area contributed by atoms with Crippen LogP contribution < -0.4 is 5.76 Å². The summed E-state index contributed by atoms with van der Waals surface area (Å²) in [7, 11) is 0. The predicted molar refractivity (Wildman–Crippen MR) is 139 cm³/mol. The van der Waals surface area contributed by atoms with Gasteiger partial charge in [0, 0.05) is 29.9 Å². The summed E-state index contributed by atoms with van der Waals surface area (Å²) < 4.78 is 23.3. The molecule has 1 N–H and O–H groups in total. The zero-order valence-electron chi connectivity index (χ0n) is 21.7. The van der Waals surface area contributed by atoms with Crippen LogP contribution in [-0.4, -0.2) is 34.6 Å². The van der Waals surface area contributed by atoms with Crippen LogP contribution in [0.3, 0.4) is 0 Å². The lowest BCUT2D eigenvalue weighted by Gasteiger charge is -2.35. The summed E-state index contributed by atoms with van der Waals surface area (Å²) in [4.78, 5) is 32.4. The molecule has 4 aromatic heterocycles. The van der Waals surface area contributed by atoms with Crippen LogP contribution in [0.1, 0.15) is 66.1 Å². The summed E-state index contributed by atoms with van der Waals surface area (Å²) >= 11 is 6.29. The Labute approximate surface area is 218 Å². The van der Waals surface area contributed by atoms with E-state index in [0.717, 1.165) is 25.7 Å². The number of aromatic amines is 1. The van der Waals surface area contributed by atoms with Crippen molar-refractivity contribution in [2.75, 3.05) is 0 Å². The lowest BCUT2D eigenvalue weighted by atomic mass is 9.78. The third kappa shape index (κ3) is 4.79. The molecule has 11 heteroatoms. The van der Waals surface area contributed by atoms with E-state index in [4.69, 9.17) is 21.6 Å². The Bertz CT molecular complexity index is 1490. The molecule has 0 spiro atoms. The first kappa shape index (κ1) is 25.5. The standard InChI is InChI=1S/C26H31ClFN7O2/c1-14-6-8-15(9-7-14)13-35-19-18(16-10-17(27)12-29-11-16)30-21(22-33-24(36)37-34-22)31-20(19)32-23(35)26(5,28)25(2,3)4/h10-12,14-15H,6-9,13H2,1-5H3,(H,33,34,36). The molecule has 1 aliphatic carbocycles. The van der Waals surface area contributed by atoms with Gasteiger partial charge in [-0.1, -0.05) is 57.3 Å². The number of aromatic nitrogens is 7. The van der Waals surface area contributed by atoms with Crippen molar-refractivity contribution < 1.29 is 8.91 Å². The maximum absolute atomic E-state index is 16.6. The number of hydrogen-bond acceptors (Lipinski definition) is 7. The summed E-state index contributed by atoms with van der Waals surface area (Å²) in [5.74, 6) is 0.794. The Morgan fingerprint density at radius 2 is 1.86 bits per heavy atom. The average molecular weight is 528 g/mol. The minimum atomic E-state index is -1.78. The first-order valence-electron chi connectivity index (χ1n) is 12.6. The predicted octanol–water partition coefficient (Wildman–Crippen LogP) is 5.94. The van der Waals surface area contributed by atoms with Crippen LogP contribution in [-0.2, 0) is 12.2 Å². The van der Waals surface area contributed by atoms with E-state index in [2.05, 4.69) is 31.6 Å². The minimum Gasteiger partial charge on any atom is -0.322 e. The molecular weight excluding hydrogens is 497 g/mol. The molecule has 0 aliphatic heterocycles. The summed E-state index contributed by atoms with van der Waals surface area (Å²) in [6.45, 7) is 10.0. The van der Waals surface area contributed by atoms with Crippen molar-refractivity contribution in [3.05, 3.63) is 39.9 Å². The number of alkyl halides is 1. The first-order chi connectivity index (χ1) is 17.4. The van der Waals surface area contributed by atoms with Gasteiger partial charge in [0.1, 0.15) is 17.0 Å². The SMILES string of the molecule is CC1CCC(Cn2c(C(C)(F)C(C)(C)C)nc3nc(-c4noc(=O)[nH]4)nc(-c4cncc(Cl)c4)c32)CC1. The second-order valence-electron chi connectivity index (χ2n) is 11.3. The highest BCUT2D eigenvalue weighted by Gasteiger charge is 2.44. The van der Waals surface area contributed by atoms with Crippen molar-refractivity contribution in [1.29, 1.82) is 0 Å². The van der Waals surface area contributed by atoms with Crippen LogP contribution in [0.25, 0.3) is 34.1 Å². The molecule has 196 valence electrons. The third-order valence-electron chi connectivity index (χ3n) is 7.64. The largest absolute Gasteiger partial charge is 0.439 e. The molecule has 5 rings (SSSR count). The quantitative estimate of drug-likeness (QED) is 0.341. The molecule has 1 atom stereocenters. The Hall–Kier alpha value is -3.14. The molecule has 0 radical (unpaired) electrons. The zero-order valence-corrected chi connectivity index (χ0v) is 22.4. The van der Waals surface area contributed by atoms with Gasteiger partial charge >= 0.3 is 5.76 Å². The highest BCUT2D eigenvalue weighted by Crippen LogP contribution is 2.45. The number of imidazole rings is 1. The number of halogens is 2. The van der Waals surface area contributed by atoms with Gasteiger partial charge in [0.15, 0.2) is 11.3 Å². The fourth-order valence-corrected chi connectivity index (χ4v) is 5.03. The van der Waals surface area contributed by atoms with E-state index in [1.54, 1.807) is 19.2 Å². The van der Waals surface area contributed by atoms with Gasteiger partial charge < -0.3 is 4.57 Å². The number of pyridine rings is 1. The van der Waals surface area contributed by atoms with Crippen LogP contribution in [0.5, 0.6) is 0 Å². The monoisotopic (exact) mass is 527 g/mol. The number of hydrogen-bond donors (Lipinski definition) is 1. The molecule has 0 bridgehead atoms. The van der Waals surface area contributed by atoms with Crippen molar-refractivity contribution in [1.82, 2.24) is 34.6 Å². The van der Waals surface area contributed by atoms with Crippen molar-refractivity contribution >= 4 is 22.8 Å². The normalized spacial score (nSPS) is 20.3. The van der Waals surface area contributed by atoms with Gasteiger partial charge in [0.2, 0.25) is 11.6 Å². The van der Waals surface area contributed by atoms with Crippen LogP contribution >= 0.6 is 11.6 Å². The van der Waals surface area contributed by atoms with Gasteiger partial charge in [0.05, 0.1) is 5.02 Å². The Morgan fingerprint density at radius 3 is 2.49 bits per heavy atom. The van der Waals surface area contributed by atoms with E-state index >= 15 is 4.39 Å². The summed E-state index contributed by atoms with van der Waals surface area (Å²) in [5, 5.41) is 4.17. The molecule has 1 fully saturated rings. The smallest absolute Gasteiger partial charge is 0.322 e. The van der Waals surface area contributed by atoms with Crippen LogP contribution in [0.2, 0.25) is 5.02 Å². The number of nitrogens with zero attached hydrogens (tertiary/aromatic N) is 6. The van der Waals surface area contributed by atoms with E-state index in [-0.39, 0.29) is 11.6 Å². The zero-order chi connectivity index (χ0) is 26.5. The van der Waals surface area contributed by atoms with E-state index in [1.165, 1.54) is 6.20 Å². The molecule has 4 aromatic rings. The molecule has 37 heavy (non-hydrogen) atoms. The van der Waals surface area contributed by atoms with Gasteiger partial charge in [-0.05, 0) is 37.7 Å². The summed E-state index contributed by atoms with van der Waals surface area (Å²) in [5.41, 5.74) is -0.517. The lowest BCUT2D eigenvalue weighted by molar-refractivity contribution is 0.0317. The number of H-pyrrole nitrogens is 1. The van der Waals surface area contributed by atoms with Gasteiger partial charge in [-0.3, -0.25) is 14.5 Å². The fraction of sp³-hybridized carbons (Fsp3) is 0.538. The molecule has 1 saturated carbocycles. The molecule has 1 aliphatic rings. The highest BCUT2D eigenvalue weighted by molar-refractivity contribution is 6.30. The summed E-state index contributed by atoms with van der Waals surface area (Å²) in [6, 6.07) is 1.74. The topological polar surface area (TPSA) is 115 Å². The summed E-state index contributed by atoms with van der Waals surface area (Å²) in [6.07, 6.45) is 7.58. The van der Waals surface area contributed by atoms with Gasteiger partial charge in [-0.2, -0.15) is 0 Å². The second kappa shape index (κ2) is 9.31. The Kier molecular flexibility index (Phi) is 6.42. The number of fused-ring (bicyclic) bond motifs is 1. The van der Waals surface area contributed by atoms with E-state index in [1.807, 2.05) is 25.3 Å². The van der Waals surface area contributed by atoms with E-state index < -0.39 is 16.8 Å². The number of nitrogens with one attached hydrogen (secondary N) is 1. The molecule has 4 heterocycles. The molecule has 9 nitrogen and oxygen atoms in total. The Balaban J connectivity index is 1.80. The number of rotatable bonds is 5. The molecular formula is C26H31ClFN7O2. The van der Waals surface area contributed by atoms with E-state index in [9.17, 15) is 4.79 Å². The minimum absolute atomic E-state index is 0.0549. The third-order valence-corrected chi connectivity index (χ3v) is 7.84. The van der Waals surface area contributed by atoms with Gasteiger partial charge in [-0.15, -0.1) is 0 Å². The van der Waals surface area contributed by atoms with Crippen LogP contribution in [0, 0.1) is 17.3 Å². The van der Waals surface area contributed by atoms with Crippen molar-refractivity contribution in [2.24, 2.45) is 17.3 Å². The fourth-order valence-electron chi connectivity index (χ4n) is 4.85. The van der Waals surface area contributed by atoms with Gasteiger partial charge in [0.25, 0.3) is 0 Å². The van der Waals surface area contributed by atoms with Crippen LogP contribution in [0.15, 0.2) is 27.8 Å².